The molecule has 0 heterocycles. The van der Waals surface area contributed by atoms with E-state index in [4.69, 9.17) is 5.73 Å². The highest BCUT2D eigenvalue weighted by atomic mass is 35.5. The van der Waals surface area contributed by atoms with Crippen LogP contribution < -0.4 is 16.4 Å². The SMILES string of the molecule is CC(C)(C)[C@H](N)C(=O)Nc1ccc(F)c(NC(=O)Cc2ccccc2)c1.Cl. The molecule has 146 valence electrons. The monoisotopic (exact) mass is 393 g/mol. The van der Waals surface area contributed by atoms with E-state index in [-0.39, 0.29) is 36.3 Å². The largest absolute Gasteiger partial charge is 0.325 e. The van der Waals surface area contributed by atoms with Gasteiger partial charge in [0.05, 0.1) is 18.2 Å². The predicted molar refractivity (Wildman–Crippen MR) is 108 cm³/mol. The summed E-state index contributed by atoms with van der Waals surface area (Å²) in [6.07, 6.45) is 0.131. The van der Waals surface area contributed by atoms with E-state index in [9.17, 15) is 14.0 Å². The molecule has 0 aliphatic carbocycles. The van der Waals surface area contributed by atoms with Crippen LogP contribution in [0.3, 0.4) is 0 Å². The molecule has 0 unspecified atom stereocenters. The molecule has 0 radical (unpaired) electrons. The second-order valence-electron chi connectivity index (χ2n) is 7.24. The average Bonchev–Trinajstić information content (AvgIpc) is 2.57. The van der Waals surface area contributed by atoms with E-state index in [1.54, 1.807) is 0 Å². The lowest BCUT2D eigenvalue weighted by molar-refractivity contribution is -0.119. The molecule has 27 heavy (non-hydrogen) atoms. The number of hydrogen-bond donors (Lipinski definition) is 3. The Morgan fingerprint density at radius 3 is 2.30 bits per heavy atom. The summed E-state index contributed by atoms with van der Waals surface area (Å²) in [6.45, 7) is 5.57. The zero-order valence-electron chi connectivity index (χ0n) is 15.6. The van der Waals surface area contributed by atoms with Crippen molar-refractivity contribution in [2.75, 3.05) is 10.6 Å². The Morgan fingerprint density at radius 1 is 1.07 bits per heavy atom. The van der Waals surface area contributed by atoms with E-state index in [2.05, 4.69) is 10.6 Å². The van der Waals surface area contributed by atoms with Gasteiger partial charge in [-0.2, -0.15) is 0 Å². The Labute approximate surface area is 164 Å². The number of hydrogen-bond acceptors (Lipinski definition) is 3. The fourth-order valence-corrected chi connectivity index (χ4v) is 2.29. The van der Waals surface area contributed by atoms with E-state index in [0.29, 0.717) is 5.69 Å². The smallest absolute Gasteiger partial charge is 0.241 e. The number of carbonyl (C=O) groups is 2. The average molecular weight is 394 g/mol. The van der Waals surface area contributed by atoms with Gasteiger partial charge in [-0.05, 0) is 29.2 Å². The minimum Gasteiger partial charge on any atom is -0.325 e. The van der Waals surface area contributed by atoms with E-state index in [1.165, 1.54) is 18.2 Å². The maximum atomic E-state index is 14.0. The third kappa shape index (κ3) is 6.66. The molecule has 2 aromatic carbocycles. The quantitative estimate of drug-likeness (QED) is 0.723. The molecule has 0 aliphatic heterocycles. The molecule has 0 bridgehead atoms. The number of amides is 2. The second-order valence-corrected chi connectivity index (χ2v) is 7.24. The van der Waals surface area contributed by atoms with Crippen LogP contribution in [0.2, 0.25) is 0 Å². The Bertz CT molecular complexity index is 792. The van der Waals surface area contributed by atoms with Crippen molar-refractivity contribution >= 4 is 35.6 Å². The number of anilines is 2. The molecule has 2 amide bonds. The zero-order chi connectivity index (χ0) is 19.3. The maximum Gasteiger partial charge on any atom is 0.241 e. The van der Waals surface area contributed by atoms with Gasteiger partial charge < -0.3 is 16.4 Å². The van der Waals surface area contributed by atoms with Crippen LogP contribution in [0.15, 0.2) is 48.5 Å². The van der Waals surface area contributed by atoms with Gasteiger partial charge >= 0.3 is 0 Å². The number of benzene rings is 2. The lowest BCUT2D eigenvalue weighted by Crippen LogP contribution is -2.45. The Morgan fingerprint density at radius 2 is 1.70 bits per heavy atom. The summed E-state index contributed by atoms with van der Waals surface area (Å²) in [4.78, 5) is 24.3. The molecule has 7 heteroatoms. The molecule has 0 saturated carbocycles. The number of nitrogens with one attached hydrogen (secondary N) is 2. The Kier molecular flexibility index (Phi) is 7.94. The molecular formula is C20H25ClFN3O2. The van der Waals surface area contributed by atoms with Crippen LogP contribution in [-0.4, -0.2) is 17.9 Å². The van der Waals surface area contributed by atoms with Crippen LogP contribution in [0.1, 0.15) is 26.3 Å². The van der Waals surface area contributed by atoms with Crippen molar-refractivity contribution in [3.8, 4) is 0 Å². The second kappa shape index (κ2) is 9.48. The third-order valence-corrected chi connectivity index (χ3v) is 3.93. The minimum atomic E-state index is -0.719. The van der Waals surface area contributed by atoms with Crippen LogP contribution in [0.25, 0.3) is 0 Å². The van der Waals surface area contributed by atoms with E-state index in [0.717, 1.165) is 5.56 Å². The first-order chi connectivity index (χ1) is 12.2. The maximum absolute atomic E-state index is 14.0. The summed E-state index contributed by atoms with van der Waals surface area (Å²) in [7, 11) is 0. The summed E-state index contributed by atoms with van der Waals surface area (Å²) in [6, 6.07) is 12.4. The summed E-state index contributed by atoms with van der Waals surface area (Å²) in [5.74, 6) is -1.29. The molecule has 2 aromatic rings. The van der Waals surface area contributed by atoms with Gasteiger partial charge in [-0.1, -0.05) is 51.1 Å². The normalized spacial score (nSPS) is 11.9. The Hall–Kier alpha value is -2.44. The zero-order valence-corrected chi connectivity index (χ0v) is 16.4. The van der Waals surface area contributed by atoms with Gasteiger partial charge in [-0.3, -0.25) is 9.59 Å². The number of rotatable bonds is 5. The first-order valence-electron chi connectivity index (χ1n) is 8.36. The number of nitrogens with two attached hydrogens (primary N) is 1. The molecule has 4 N–H and O–H groups in total. The molecule has 5 nitrogen and oxygen atoms in total. The fraction of sp³-hybridized carbons (Fsp3) is 0.300. The standard InChI is InChI=1S/C20H24FN3O2.ClH/c1-20(2,3)18(22)19(26)23-14-9-10-15(21)16(12-14)24-17(25)11-13-7-5-4-6-8-13;/h4-10,12,18H,11,22H2,1-3H3,(H,23,26)(H,24,25);1H/t18-;/m1./s1. The highest BCUT2D eigenvalue weighted by molar-refractivity contribution is 5.97. The van der Waals surface area contributed by atoms with Crippen molar-refractivity contribution in [3.05, 3.63) is 59.9 Å². The van der Waals surface area contributed by atoms with Gasteiger partial charge in [0.1, 0.15) is 5.82 Å². The van der Waals surface area contributed by atoms with E-state index >= 15 is 0 Å². The van der Waals surface area contributed by atoms with Gasteiger partial charge in [0, 0.05) is 5.69 Å². The molecule has 1 atom stereocenters. The van der Waals surface area contributed by atoms with Gasteiger partial charge in [0.25, 0.3) is 0 Å². The summed E-state index contributed by atoms with van der Waals surface area (Å²) < 4.78 is 14.0. The van der Waals surface area contributed by atoms with Crippen LogP contribution in [0.4, 0.5) is 15.8 Å². The molecular weight excluding hydrogens is 369 g/mol. The van der Waals surface area contributed by atoms with Crippen LogP contribution in [0.5, 0.6) is 0 Å². The van der Waals surface area contributed by atoms with Crippen molar-refractivity contribution in [2.24, 2.45) is 11.1 Å². The lowest BCUT2D eigenvalue weighted by atomic mass is 9.87. The molecule has 0 aliphatic rings. The summed E-state index contributed by atoms with van der Waals surface area (Å²) >= 11 is 0. The minimum absolute atomic E-state index is 0. The molecule has 0 aromatic heterocycles. The van der Waals surface area contributed by atoms with Gasteiger partial charge in [0.2, 0.25) is 11.8 Å². The van der Waals surface area contributed by atoms with Crippen molar-refractivity contribution in [2.45, 2.75) is 33.2 Å². The van der Waals surface area contributed by atoms with Crippen molar-refractivity contribution in [3.63, 3.8) is 0 Å². The first-order valence-corrected chi connectivity index (χ1v) is 8.36. The van der Waals surface area contributed by atoms with Gasteiger partial charge in [-0.25, -0.2) is 4.39 Å². The fourth-order valence-electron chi connectivity index (χ4n) is 2.29. The lowest BCUT2D eigenvalue weighted by Gasteiger charge is -2.25. The first kappa shape index (κ1) is 22.6. The van der Waals surface area contributed by atoms with E-state index in [1.807, 2.05) is 51.1 Å². The molecule has 0 fully saturated rings. The molecule has 0 saturated heterocycles. The molecule has 2 rings (SSSR count). The van der Waals surface area contributed by atoms with Crippen LogP contribution >= 0.6 is 12.4 Å². The number of carbonyl (C=O) groups excluding carboxylic acids is 2. The summed E-state index contributed by atoms with van der Waals surface area (Å²) in [5, 5.41) is 5.19. The predicted octanol–water partition coefficient (Wildman–Crippen LogP) is 3.74. The van der Waals surface area contributed by atoms with Crippen molar-refractivity contribution in [1.82, 2.24) is 0 Å². The van der Waals surface area contributed by atoms with Crippen LogP contribution in [0, 0.1) is 11.2 Å². The molecule has 0 spiro atoms. The third-order valence-electron chi connectivity index (χ3n) is 3.93. The Balaban J connectivity index is 0.00000364. The highest BCUT2D eigenvalue weighted by Gasteiger charge is 2.27. The van der Waals surface area contributed by atoms with Gasteiger partial charge in [0.15, 0.2) is 0 Å². The van der Waals surface area contributed by atoms with Gasteiger partial charge in [-0.15, -0.1) is 12.4 Å². The van der Waals surface area contributed by atoms with Crippen LogP contribution in [-0.2, 0) is 16.0 Å². The number of halogens is 2. The highest BCUT2D eigenvalue weighted by Crippen LogP contribution is 2.22. The van der Waals surface area contributed by atoms with Crippen molar-refractivity contribution < 1.29 is 14.0 Å². The van der Waals surface area contributed by atoms with Crippen molar-refractivity contribution in [1.29, 1.82) is 0 Å². The van der Waals surface area contributed by atoms with E-state index < -0.39 is 17.3 Å². The summed E-state index contributed by atoms with van der Waals surface area (Å²) in [5.41, 5.74) is 6.71. The topological polar surface area (TPSA) is 84.2 Å².